The van der Waals surface area contributed by atoms with Gasteiger partial charge in [-0.25, -0.2) is 9.18 Å². The van der Waals surface area contributed by atoms with Crippen molar-refractivity contribution in [3.8, 4) is 5.75 Å². The predicted octanol–water partition coefficient (Wildman–Crippen LogP) is 5.41. The first-order valence-electron chi connectivity index (χ1n) is 10.3. The standard InChI is InChI=1S/C23H29FN2O3S/c1-15(2)18-7-8-19(21(23(27)28)22(18)29-3)25-30-20-9-6-17(24)14-16(20)10-13-26-11-4-5-12-26/h6-9,14-15,25H,4-5,10-13H2,1-3H3,(H,27,28). The minimum absolute atomic E-state index is 0.108. The smallest absolute Gasteiger partial charge is 0.341 e. The number of carboxylic acid groups (broad SMARTS) is 1. The van der Waals surface area contributed by atoms with E-state index in [0.29, 0.717) is 11.4 Å². The number of nitrogens with zero attached hydrogens (tertiary/aromatic N) is 1. The fraction of sp³-hybridized carbons (Fsp3) is 0.435. The summed E-state index contributed by atoms with van der Waals surface area (Å²) in [6.45, 7) is 7.08. The average Bonchev–Trinajstić information content (AvgIpc) is 3.24. The SMILES string of the molecule is COc1c(C(C)C)ccc(NSc2ccc(F)cc2CCN2CCCC2)c1C(=O)O. The van der Waals surface area contributed by atoms with Gasteiger partial charge in [0.2, 0.25) is 0 Å². The number of hydrogen-bond acceptors (Lipinski definition) is 5. The Morgan fingerprint density at radius 3 is 2.63 bits per heavy atom. The van der Waals surface area contributed by atoms with Crippen molar-refractivity contribution in [1.29, 1.82) is 0 Å². The highest BCUT2D eigenvalue weighted by Crippen LogP contribution is 2.37. The third-order valence-corrected chi connectivity index (χ3v) is 6.36. The molecule has 0 aliphatic carbocycles. The molecule has 0 aromatic heterocycles. The third-order valence-electron chi connectivity index (χ3n) is 5.42. The number of aromatic carboxylic acids is 1. The molecule has 0 bridgehead atoms. The highest BCUT2D eigenvalue weighted by Gasteiger charge is 2.22. The van der Waals surface area contributed by atoms with Crippen LogP contribution >= 0.6 is 11.9 Å². The van der Waals surface area contributed by atoms with E-state index in [9.17, 15) is 14.3 Å². The second-order valence-corrected chi connectivity index (χ2v) is 8.67. The lowest BCUT2D eigenvalue weighted by Crippen LogP contribution is -2.22. The topological polar surface area (TPSA) is 61.8 Å². The number of carboxylic acids is 1. The molecule has 0 radical (unpaired) electrons. The van der Waals surface area contributed by atoms with E-state index in [1.807, 2.05) is 19.9 Å². The van der Waals surface area contributed by atoms with Crippen LogP contribution in [0.25, 0.3) is 0 Å². The molecule has 1 fully saturated rings. The number of anilines is 1. The average molecular weight is 433 g/mol. The Kier molecular flexibility index (Phi) is 7.61. The molecule has 0 amide bonds. The predicted molar refractivity (Wildman–Crippen MR) is 119 cm³/mol. The molecule has 2 N–H and O–H groups in total. The van der Waals surface area contributed by atoms with E-state index in [1.165, 1.54) is 38.0 Å². The van der Waals surface area contributed by atoms with Crippen molar-refractivity contribution in [2.75, 3.05) is 31.5 Å². The summed E-state index contributed by atoms with van der Waals surface area (Å²) in [5, 5.41) is 9.79. The zero-order valence-electron chi connectivity index (χ0n) is 17.7. The Morgan fingerprint density at radius 1 is 1.27 bits per heavy atom. The highest BCUT2D eigenvalue weighted by molar-refractivity contribution is 8.00. The Balaban J connectivity index is 1.82. The van der Waals surface area contributed by atoms with Gasteiger partial charge in [-0.05, 0) is 85.6 Å². The normalized spacial score (nSPS) is 14.3. The summed E-state index contributed by atoms with van der Waals surface area (Å²) in [7, 11) is 1.49. The van der Waals surface area contributed by atoms with Gasteiger partial charge in [0.05, 0.1) is 12.8 Å². The molecular formula is C23H29FN2O3S. The van der Waals surface area contributed by atoms with Crippen molar-refractivity contribution in [3.05, 3.63) is 52.8 Å². The second-order valence-electron chi connectivity index (χ2n) is 7.83. The van der Waals surface area contributed by atoms with Gasteiger partial charge >= 0.3 is 5.97 Å². The molecule has 162 valence electrons. The van der Waals surface area contributed by atoms with Gasteiger partial charge in [0.15, 0.2) is 0 Å². The maximum atomic E-state index is 13.9. The summed E-state index contributed by atoms with van der Waals surface area (Å²) in [5.74, 6) is -0.804. The Morgan fingerprint density at radius 2 is 2.00 bits per heavy atom. The lowest BCUT2D eigenvalue weighted by Gasteiger charge is -2.19. The van der Waals surface area contributed by atoms with Gasteiger partial charge < -0.3 is 19.5 Å². The van der Waals surface area contributed by atoms with E-state index in [1.54, 1.807) is 18.2 Å². The van der Waals surface area contributed by atoms with Gasteiger partial charge in [-0.1, -0.05) is 19.9 Å². The van der Waals surface area contributed by atoms with E-state index >= 15 is 0 Å². The van der Waals surface area contributed by atoms with Gasteiger partial charge in [0.25, 0.3) is 0 Å². The van der Waals surface area contributed by atoms with Gasteiger partial charge in [-0.3, -0.25) is 0 Å². The molecule has 3 rings (SSSR count). The summed E-state index contributed by atoms with van der Waals surface area (Å²) >= 11 is 1.30. The molecule has 0 unspecified atom stereocenters. The third kappa shape index (κ3) is 5.26. The van der Waals surface area contributed by atoms with Crippen LogP contribution in [0.2, 0.25) is 0 Å². The maximum Gasteiger partial charge on any atom is 0.341 e. The monoisotopic (exact) mass is 432 g/mol. The number of benzene rings is 2. The fourth-order valence-electron chi connectivity index (χ4n) is 3.81. The number of likely N-dealkylation sites (tertiary alicyclic amines) is 1. The van der Waals surface area contributed by atoms with E-state index in [-0.39, 0.29) is 17.3 Å². The molecule has 1 saturated heterocycles. The number of carbonyl (C=O) groups is 1. The molecule has 1 aliphatic rings. The van der Waals surface area contributed by atoms with Crippen molar-refractivity contribution in [3.63, 3.8) is 0 Å². The summed E-state index contributed by atoms with van der Waals surface area (Å²) in [4.78, 5) is 15.2. The molecular weight excluding hydrogens is 403 g/mol. The maximum absolute atomic E-state index is 13.9. The number of nitrogens with one attached hydrogen (secondary N) is 1. The van der Waals surface area contributed by atoms with Gasteiger partial charge in [0.1, 0.15) is 17.1 Å². The summed E-state index contributed by atoms with van der Waals surface area (Å²) in [6, 6.07) is 8.40. The second kappa shape index (κ2) is 10.2. The van der Waals surface area contributed by atoms with Crippen LogP contribution in [-0.2, 0) is 6.42 Å². The zero-order valence-corrected chi connectivity index (χ0v) is 18.5. The molecule has 0 atom stereocenters. The van der Waals surface area contributed by atoms with Crippen LogP contribution in [0.3, 0.4) is 0 Å². The van der Waals surface area contributed by atoms with E-state index in [0.717, 1.165) is 42.1 Å². The molecule has 0 saturated carbocycles. The molecule has 0 spiro atoms. The van der Waals surface area contributed by atoms with Crippen LogP contribution in [0.4, 0.5) is 10.1 Å². The molecule has 1 heterocycles. The Bertz CT molecular complexity index is 898. The zero-order chi connectivity index (χ0) is 21.7. The summed E-state index contributed by atoms with van der Waals surface area (Å²) < 4.78 is 22.5. The first-order chi connectivity index (χ1) is 14.4. The number of halogens is 1. The van der Waals surface area contributed by atoms with Crippen LogP contribution in [0, 0.1) is 5.82 Å². The number of methoxy groups -OCH3 is 1. The molecule has 2 aromatic rings. The minimum atomic E-state index is -1.05. The van der Waals surface area contributed by atoms with Crippen molar-refractivity contribution in [2.24, 2.45) is 0 Å². The fourth-order valence-corrected chi connectivity index (χ4v) is 4.63. The van der Waals surface area contributed by atoms with Crippen molar-refractivity contribution in [1.82, 2.24) is 4.90 Å². The van der Waals surface area contributed by atoms with Gasteiger partial charge in [-0.2, -0.15) is 0 Å². The summed E-state index contributed by atoms with van der Waals surface area (Å²) in [5.41, 5.74) is 2.33. The van der Waals surface area contributed by atoms with Crippen LogP contribution in [0.15, 0.2) is 35.2 Å². The summed E-state index contributed by atoms with van der Waals surface area (Å²) in [6.07, 6.45) is 3.19. The number of rotatable bonds is 9. The van der Waals surface area contributed by atoms with Gasteiger partial charge in [0, 0.05) is 11.4 Å². The molecule has 30 heavy (non-hydrogen) atoms. The van der Waals surface area contributed by atoms with E-state index in [2.05, 4.69) is 9.62 Å². The largest absolute Gasteiger partial charge is 0.495 e. The molecule has 7 heteroatoms. The quantitative estimate of drug-likeness (QED) is 0.517. The first kappa shape index (κ1) is 22.4. The van der Waals surface area contributed by atoms with Crippen molar-refractivity contribution < 1.29 is 19.0 Å². The minimum Gasteiger partial charge on any atom is -0.495 e. The van der Waals surface area contributed by atoms with Crippen molar-refractivity contribution >= 4 is 23.6 Å². The lowest BCUT2D eigenvalue weighted by atomic mass is 9.98. The lowest BCUT2D eigenvalue weighted by molar-refractivity contribution is 0.0694. The molecule has 2 aromatic carbocycles. The Labute approximate surface area is 181 Å². The van der Waals surface area contributed by atoms with Crippen LogP contribution in [0.5, 0.6) is 5.75 Å². The first-order valence-corrected chi connectivity index (χ1v) is 11.1. The number of ether oxygens (including phenoxy) is 1. The van der Waals surface area contributed by atoms with Crippen LogP contribution < -0.4 is 9.46 Å². The number of hydrogen-bond donors (Lipinski definition) is 2. The van der Waals surface area contributed by atoms with E-state index < -0.39 is 5.97 Å². The molecule has 5 nitrogen and oxygen atoms in total. The highest BCUT2D eigenvalue weighted by atomic mass is 32.2. The van der Waals surface area contributed by atoms with E-state index in [4.69, 9.17) is 4.74 Å². The van der Waals surface area contributed by atoms with Crippen molar-refractivity contribution in [2.45, 2.75) is 43.9 Å². The van der Waals surface area contributed by atoms with Gasteiger partial charge in [-0.15, -0.1) is 0 Å². The van der Waals surface area contributed by atoms with Crippen LogP contribution in [0.1, 0.15) is 54.1 Å². The molecule has 1 aliphatic heterocycles. The van der Waals surface area contributed by atoms with Crippen LogP contribution in [-0.4, -0.2) is 42.7 Å². The Hall–Kier alpha value is -2.25.